The van der Waals surface area contributed by atoms with Gasteiger partial charge in [0.15, 0.2) is 0 Å². The van der Waals surface area contributed by atoms with Gasteiger partial charge in [-0.3, -0.25) is 0 Å². The molecule has 0 radical (unpaired) electrons. The van der Waals surface area contributed by atoms with E-state index in [-0.39, 0.29) is 13.2 Å². The summed E-state index contributed by atoms with van der Waals surface area (Å²) in [5.41, 5.74) is 0. The van der Waals surface area contributed by atoms with Crippen molar-refractivity contribution < 1.29 is 13.5 Å². The van der Waals surface area contributed by atoms with Crippen LogP contribution in [0.3, 0.4) is 0 Å². The lowest BCUT2D eigenvalue weighted by Gasteiger charge is -2.13. The first-order valence-corrected chi connectivity index (χ1v) is 6.01. The smallest absolute Gasteiger partial charge is 0.252 e. The Balaban J connectivity index is 2.90. The summed E-state index contributed by atoms with van der Waals surface area (Å²) < 4.78 is 24.7. The first kappa shape index (κ1) is 10.6. The standard InChI is InChI=1S/C7H11NO3S2/c1-8(4-5-9)13(10,11)7-3-2-6-12-7/h2-3,6,9H,4-5H2,1H3. The molecule has 1 aromatic rings. The van der Waals surface area contributed by atoms with Crippen molar-refractivity contribution in [2.75, 3.05) is 20.2 Å². The molecule has 0 bridgehead atoms. The highest BCUT2D eigenvalue weighted by atomic mass is 32.2. The monoisotopic (exact) mass is 221 g/mol. The van der Waals surface area contributed by atoms with Crippen LogP contribution in [0, 0.1) is 0 Å². The van der Waals surface area contributed by atoms with Gasteiger partial charge in [-0.1, -0.05) is 6.07 Å². The van der Waals surface area contributed by atoms with Gasteiger partial charge in [-0.25, -0.2) is 8.42 Å². The van der Waals surface area contributed by atoms with Gasteiger partial charge in [0, 0.05) is 13.6 Å². The van der Waals surface area contributed by atoms with E-state index < -0.39 is 10.0 Å². The van der Waals surface area contributed by atoms with Crippen molar-refractivity contribution >= 4 is 21.4 Å². The zero-order valence-corrected chi connectivity index (χ0v) is 8.81. The van der Waals surface area contributed by atoms with E-state index in [1.54, 1.807) is 17.5 Å². The van der Waals surface area contributed by atoms with E-state index in [0.29, 0.717) is 4.21 Å². The van der Waals surface area contributed by atoms with Crippen molar-refractivity contribution in [3.8, 4) is 0 Å². The van der Waals surface area contributed by atoms with Crippen molar-refractivity contribution in [2.45, 2.75) is 4.21 Å². The molecule has 0 aliphatic carbocycles. The maximum Gasteiger partial charge on any atom is 0.252 e. The van der Waals surface area contributed by atoms with Gasteiger partial charge in [0.25, 0.3) is 10.0 Å². The van der Waals surface area contributed by atoms with Crippen LogP contribution >= 0.6 is 11.3 Å². The van der Waals surface area contributed by atoms with Crippen LogP contribution in [0.1, 0.15) is 0 Å². The summed E-state index contributed by atoms with van der Waals surface area (Å²) in [7, 11) is -1.92. The molecule has 1 aromatic heterocycles. The highest BCUT2D eigenvalue weighted by molar-refractivity contribution is 7.91. The van der Waals surface area contributed by atoms with E-state index in [0.717, 1.165) is 4.31 Å². The molecule has 4 nitrogen and oxygen atoms in total. The number of nitrogens with zero attached hydrogens (tertiary/aromatic N) is 1. The Kier molecular flexibility index (Phi) is 3.43. The van der Waals surface area contributed by atoms with Crippen molar-refractivity contribution in [1.29, 1.82) is 0 Å². The second kappa shape index (κ2) is 4.19. The fourth-order valence-electron chi connectivity index (χ4n) is 0.825. The first-order chi connectivity index (χ1) is 6.09. The van der Waals surface area contributed by atoms with Crippen LogP contribution in [0.5, 0.6) is 0 Å². The molecule has 0 saturated carbocycles. The zero-order chi connectivity index (χ0) is 9.90. The van der Waals surface area contributed by atoms with Crippen molar-refractivity contribution in [1.82, 2.24) is 4.31 Å². The lowest BCUT2D eigenvalue weighted by atomic mass is 10.7. The molecule has 6 heteroatoms. The molecule has 0 amide bonds. The van der Waals surface area contributed by atoms with Crippen LogP contribution in [-0.2, 0) is 10.0 Å². The molecular formula is C7H11NO3S2. The molecule has 0 fully saturated rings. The van der Waals surface area contributed by atoms with Gasteiger partial charge >= 0.3 is 0 Å². The van der Waals surface area contributed by atoms with Gasteiger partial charge in [0.2, 0.25) is 0 Å². The summed E-state index contributed by atoms with van der Waals surface area (Å²) in [6, 6.07) is 3.23. The summed E-state index contributed by atoms with van der Waals surface area (Å²) in [5, 5.41) is 10.3. The molecule has 0 aliphatic heterocycles. The van der Waals surface area contributed by atoms with Crippen molar-refractivity contribution in [2.24, 2.45) is 0 Å². The molecule has 1 heterocycles. The van der Waals surface area contributed by atoms with E-state index in [4.69, 9.17) is 5.11 Å². The molecule has 1 N–H and O–H groups in total. The average molecular weight is 221 g/mol. The van der Waals surface area contributed by atoms with Crippen LogP contribution in [-0.4, -0.2) is 38.0 Å². The lowest BCUT2D eigenvalue weighted by Crippen LogP contribution is -2.28. The van der Waals surface area contributed by atoms with Gasteiger partial charge < -0.3 is 5.11 Å². The van der Waals surface area contributed by atoms with Crippen LogP contribution in [0.15, 0.2) is 21.7 Å². The largest absolute Gasteiger partial charge is 0.395 e. The Hall–Kier alpha value is -0.430. The normalized spacial score (nSPS) is 12.2. The highest BCUT2D eigenvalue weighted by Crippen LogP contribution is 2.19. The van der Waals surface area contributed by atoms with Gasteiger partial charge in [-0.2, -0.15) is 4.31 Å². The number of thiophene rings is 1. The van der Waals surface area contributed by atoms with Gasteiger partial charge in [0.05, 0.1) is 6.61 Å². The van der Waals surface area contributed by atoms with E-state index in [1.165, 1.54) is 18.4 Å². The lowest BCUT2D eigenvalue weighted by molar-refractivity contribution is 0.266. The first-order valence-electron chi connectivity index (χ1n) is 3.69. The minimum atomic E-state index is -3.37. The molecule has 0 aromatic carbocycles. The number of hydrogen-bond donors (Lipinski definition) is 1. The zero-order valence-electron chi connectivity index (χ0n) is 7.17. The third-order valence-electron chi connectivity index (χ3n) is 1.57. The number of hydrogen-bond acceptors (Lipinski definition) is 4. The summed E-state index contributed by atoms with van der Waals surface area (Å²) in [4.78, 5) is 0. The Labute approximate surface area is 81.5 Å². The minimum Gasteiger partial charge on any atom is -0.395 e. The molecule has 0 unspecified atom stereocenters. The summed E-state index contributed by atoms with van der Waals surface area (Å²) in [5.74, 6) is 0. The van der Waals surface area contributed by atoms with Gasteiger partial charge in [0.1, 0.15) is 4.21 Å². The second-order valence-corrected chi connectivity index (χ2v) is 5.70. The molecule has 74 valence electrons. The molecule has 0 aliphatic rings. The van der Waals surface area contributed by atoms with E-state index >= 15 is 0 Å². The van der Waals surface area contributed by atoms with Crippen molar-refractivity contribution in [3.05, 3.63) is 17.5 Å². The summed E-state index contributed by atoms with van der Waals surface area (Å²) >= 11 is 1.17. The quantitative estimate of drug-likeness (QED) is 0.798. The maximum absolute atomic E-state index is 11.6. The number of aliphatic hydroxyl groups excluding tert-OH is 1. The number of likely N-dealkylation sites (N-methyl/N-ethyl adjacent to an activating group) is 1. The Morgan fingerprint density at radius 2 is 2.31 bits per heavy atom. The fraction of sp³-hybridized carbons (Fsp3) is 0.429. The fourth-order valence-corrected chi connectivity index (χ4v) is 3.19. The third-order valence-corrected chi connectivity index (χ3v) is 4.80. The van der Waals surface area contributed by atoms with Crippen LogP contribution in [0.2, 0.25) is 0 Å². The van der Waals surface area contributed by atoms with Crippen LogP contribution in [0.4, 0.5) is 0 Å². The molecule has 1 rings (SSSR count). The SMILES string of the molecule is CN(CCO)S(=O)(=O)c1cccs1. The summed E-state index contributed by atoms with van der Waals surface area (Å²) in [6.45, 7) is -0.0403. The number of sulfonamides is 1. The highest BCUT2D eigenvalue weighted by Gasteiger charge is 2.20. The Bertz CT molecular complexity index is 344. The Morgan fingerprint density at radius 1 is 1.62 bits per heavy atom. The van der Waals surface area contributed by atoms with Gasteiger partial charge in [-0.15, -0.1) is 11.3 Å². The summed E-state index contributed by atoms with van der Waals surface area (Å²) in [6.07, 6.45) is 0. The molecule has 13 heavy (non-hydrogen) atoms. The molecular weight excluding hydrogens is 210 g/mol. The van der Waals surface area contributed by atoms with Gasteiger partial charge in [-0.05, 0) is 11.4 Å². The van der Waals surface area contributed by atoms with Crippen LogP contribution in [0.25, 0.3) is 0 Å². The Morgan fingerprint density at radius 3 is 2.77 bits per heavy atom. The van der Waals surface area contributed by atoms with E-state index in [1.807, 2.05) is 0 Å². The third kappa shape index (κ3) is 2.28. The van der Waals surface area contributed by atoms with E-state index in [9.17, 15) is 8.42 Å². The minimum absolute atomic E-state index is 0.125. The number of rotatable bonds is 4. The molecule has 0 spiro atoms. The van der Waals surface area contributed by atoms with Crippen molar-refractivity contribution in [3.63, 3.8) is 0 Å². The predicted octanol–water partition coefficient (Wildman–Crippen LogP) is 0.361. The molecule has 0 saturated heterocycles. The predicted molar refractivity (Wildman–Crippen MR) is 51.2 cm³/mol. The second-order valence-electron chi connectivity index (χ2n) is 2.48. The molecule has 0 atom stereocenters. The average Bonchev–Trinajstić information content (AvgIpc) is 2.56. The van der Waals surface area contributed by atoms with E-state index in [2.05, 4.69) is 0 Å². The maximum atomic E-state index is 11.6. The number of aliphatic hydroxyl groups is 1. The van der Waals surface area contributed by atoms with Crippen LogP contribution < -0.4 is 0 Å². The topological polar surface area (TPSA) is 57.6 Å².